The standard InChI is InChI=1S/C55H33N5O/c1-2-15-39(16-3-1)59-46-21-9-7-18-41(46)45-20-12-23-48(52(45)59)60-47-22-10-6-17-40(47)42-29-27-37(32-49(42)60)54-56-53(36-26-25-34-13-4-5-14-35(34)31-36)57-55(58-54)38-28-30-44-43-19-8-11-24-50(43)61-51(44)33-38/h1-33H. The summed E-state index contributed by atoms with van der Waals surface area (Å²) in [5.74, 6) is 1.77. The number of rotatable bonds is 5. The van der Waals surface area contributed by atoms with Crippen LogP contribution in [0.1, 0.15) is 0 Å². The van der Waals surface area contributed by atoms with Crippen LogP contribution in [0.3, 0.4) is 0 Å². The Morgan fingerprint density at radius 3 is 1.66 bits per heavy atom. The van der Waals surface area contributed by atoms with Crippen LogP contribution in [0.4, 0.5) is 0 Å². The molecule has 6 nitrogen and oxygen atoms in total. The second-order valence-corrected chi connectivity index (χ2v) is 15.6. The van der Waals surface area contributed by atoms with Gasteiger partial charge in [0.25, 0.3) is 0 Å². The van der Waals surface area contributed by atoms with Crippen LogP contribution < -0.4 is 0 Å². The Hall–Kier alpha value is -8.35. The third kappa shape index (κ3) is 5.19. The maximum Gasteiger partial charge on any atom is 0.164 e. The topological polar surface area (TPSA) is 61.7 Å². The monoisotopic (exact) mass is 779 g/mol. The van der Waals surface area contributed by atoms with Gasteiger partial charge in [0.05, 0.1) is 27.8 Å². The summed E-state index contributed by atoms with van der Waals surface area (Å²) in [6, 6.07) is 70.4. The van der Waals surface area contributed by atoms with Crippen molar-refractivity contribution >= 4 is 76.3 Å². The van der Waals surface area contributed by atoms with E-state index in [2.05, 4.69) is 185 Å². The maximum absolute atomic E-state index is 6.34. The number of para-hydroxylation sites is 5. The molecule has 0 saturated heterocycles. The first-order chi connectivity index (χ1) is 30.2. The highest BCUT2D eigenvalue weighted by atomic mass is 16.3. The Kier molecular flexibility index (Phi) is 7.21. The van der Waals surface area contributed by atoms with Crippen molar-refractivity contribution in [3.05, 3.63) is 200 Å². The Labute approximate surface area is 349 Å². The fraction of sp³-hybridized carbons (Fsp3) is 0. The molecule has 0 amide bonds. The molecule has 0 aliphatic carbocycles. The number of furan rings is 1. The van der Waals surface area contributed by atoms with E-state index in [1.54, 1.807) is 0 Å². The van der Waals surface area contributed by atoms with E-state index in [9.17, 15) is 0 Å². The number of aromatic nitrogens is 5. The fourth-order valence-electron chi connectivity index (χ4n) is 9.35. The Morgan fingerprint density at radius 1 is 0.328 bits per heavy atom. The van der Waals surface area contributed by atoms with Crippen LogP contribution in [0.2, 0.25) is 0 Å². The molecule has 0 unspecified atom stereocenters. The van der Waals surface area contributed by atoms with Gasteiger partial charge in [0, 0.05) is 54.7 Å². The molecule has 4 aromatic heterocycles. The summed E-state index contributed by atoms with van der Waals surface area (Å²) in [5, 5.41) is 9.17. The van der Waals surface area contributed by atoms with Crippen molar-refractivity contribution in [2.75, 3.05) is 0 Å². The van der Waals surface area contributed by atoms with E-state index >= 15 is 0 Å². The minimum Gasteiger partial charge on any atom is -0.456 e. The third-order valence-electron chi connectivity index (χ3n) is 12.1. The first kappa shape index (κ1) is 33.6. The van der Waals surface area contributed by atoms with E-state index < -0.39 is 0 Å². The largest absolute Gasteiger partial charge is 0.456 e. The Morgan fingerprint density at radius 2 is 0.869 bits per heavy atom. The molecular weight excluding hydrogens is 747 g/mol. The van der Waals surface area contributed by atoms with E-state index in [4.69, 9.17) is 19.4 Å². The first-order valence-electron chi connectivity index (χ1n) is 20.5. The van der Waals surface area contributed by atoms with Gasteiger partial charge >= 0.3 is 0 Å². The SMILES string of the molecule is c1ccc(-n2c3ccccc3c3cccc(-n4c5ccccc5c5ccc(-c6nc(-c7ccc8ccccc8c7)nc(-c7ccc8c(c7)oc7ccccc78)n6)cc54)c32)cc1. The van der Waals surface area contributed by atoms with Gasteiger partial charge in [0.2, 0.25) is 0 Å². The van der Waals surface area contributed by atoms with Gasteiger partial charge in [-0.15, -0.1) is 0 Å². The summed E-state index contributed by atoms with van der Waals surface area (Å²) in [6.07, 6.45) is 0. The molecule has 284 valence electrons. The lowest BCUT2D eigenvalue weighted by Gasteiger charge is -2.14. The van der Waals surface area contributed by atoms with Gasteiger partial charge in [0.1, 0.15) is 11.2 Å². The summed E-state index contributed by atoms with van der Waals surface area (Å²) in [6.45, 7) is 0. The van der Waals surface area contributed by atoms with E-state index in [-0.39, 0.29) is 0 Å². The molecule has 13 aromatic rings. The predicted octanol–water partition coefficient (Wildman–Crippen LogP) is 14.1. The second kappa shape index (κ2) is 13.1. The molecule has 0 saturated carbocycles. The lowest BCUT2D eigenvalue weighted by molar-refractivity contribution is 0.669. The number of benzene rings is 9. The lowest BCUT2D eigenvalue weighted by Crippen LogP contribution is -2.01. The predicted molar refractivity (Wildman–Crippen MR) is 250 cm³/mol. The second-order valence-electron chi connectivity index (χ2n) is 15.6. The van der Waals surface area contributed by atoms with Gasteiger partial charge in [-0.3, -0.25) is 0 Å². The zero-order chi connectivity index (χ0) is 40.0. The molecular formula is C55H33N5O. The smallest absolute Gasteiger partial charge is 0.164 e. The number of fused-ring (bicyclic) bond motifs is 10. The van der Waals surface area contributed by atoms with Crippen molar-refractivity contribution in [2.24, 2.45) is 0 Å². The van der Waals surface area contributed by atoms with Gasteiger partial charge in [-0.2, -0.15) is 0 Å². The number of hydrogen-bond acceptors (Lipinski definition) is 4. The summed E-state index contributed by atoms with van der Waals surface area (Å²) in [7, 11) is 0. The molecule has 0 spiro atoms. The average molecular weight is 780 g/mol. The van der Waals surface area contributed by atoms with Crippen LogP contribution in [0.5, 0.6) is 0 Å². The van der Waals surface area contributed by atoms with Crippen molar-refractivity contribution in [1.82, 2.24) is 24.1 Å². The molecule has 0 fully saturated rings. The van der Waals surface area contributed by atoms with Gasteiger partial charge in [-0.1, -0.05) is 140 Å². The minimum atomic E-state index is 0.577. The van der Waals surface area contributed by atoms with E-state index in [1.807, 2.05) is 24.3 Å². The van der Waals surface area contributed by atoms with Crippen LogP contribution in [-0.2, 0) is 0 Å². The fourth-order valence-corrected chi connectivity index (χ4v) is 9.35. The molecule has 4 heterocycles. The molecule has 0 radical (unpaired) electrons. The normalized spacial score (nSPS) is 11.9. The van der Waals surface area contributed by atoms with Crippen molar-refractivity contribution < 1.29 is 4.42 Å². The van der Waals surface area contributed by atoms with Gasteiger partial charge in [-0.05, 0) is 71.4 Å². The highest BCUT2D eigenvalue weighted by Gasteiger charge is 2.21. The first-order valence-corrected chi connectivity index (χ1v) is 20.5. The van der Waals surface area contributed by atoms with E-state index in [1.165, 1.54) is 16.2 Å². The van der Waals surface area contributed by atoms with Crippen molar-refractivity contribution in [1.29, 1.82) is 0 Å². The van der Waals surface area contributed by atoms with Crippen molar-refractivity contribution in [2.45, 2.75) is 0 Å². The molecule has 0 N–H and O–H groups in total. The Bertz CT molecular complexity index is 3890. The van der Waals surface area contributed by atoms with Gasteiger partial charge in [0.15, 0.2) is 17.5 Å². The van der Waals surface area contributed by atoms with Crippen LogP contribution in [-0.4, -0.2) is 24.1 Å². The number of nitrogens with zero attached hydrogens (tertiary/aromatic N) is 5. The molecule has 0 aliphatic rings. The van der Waals surface area contributed by atoms with Crippen molar-refractivity contribution in [3.8, 4) is 45.5 Å². The zero-order valence-electron chi connectivity index (χ0n) is 32.7. The summed E-state index contributed by atoms with van der Waals surface area (Å²) in [5.41, 5.74) is 11.0. The number of hydrogen-bond donors (Lipinski definition) is 0. The summed E-state index contributed by atoms with van der Waals surface area (Å²) in [4.78, 5) is 15.6. The van der Waals surface area contributed by atoms with Crippen molar-refractivity contribution in [3.63, 3.8) is 0 Å². The summed E-state index contributed by atoms with van der Waals surface area (Å²) >= 11 is 0. The molecule has 13 rings (SSSR count). The van der Waals surface area contributed by atoms with Crippen LogP contribution >= 0.6 is 0 Å². The molecule has 0 bridgehead atoms. The minimum absolute atomic E-state index is 0.577. The van der Waals surface area contributed by atoms with Crippen LogP contribution in [0.15, 0.2) is 205 Å². The molecule has 0 aliphatic heterocycles. The molecule has 9 aromatic carbocycles. The third-order valence-corrected chi connectivity index (χ3v) is 12.1. The molecule has 61 heavy (non-hydrogen) atoms. The van der Waals surface area contributed by atoms with Crippen LogP contribution in [0.25, 0.3) is 122 Å². The average Bonchev–Trinajstić information content (AvgIpc) is 3.99. The summed E-state index contributed by atoms with van der Waals surface area (Å²) < 4.78 is 11.1. The van der Waals surface area contributed by atoms with Gasteiger partial charge < -0.3 is 13.6 Å². The van der Waals surface area contributed by atoms with Gasteiger partial charge in [-0.25, -0.2) is 15.0 Å². The lowest BCUT2D eigenvalue weighted by atomic mass is 10.1. The van der Waals surface area contributed by atoms with E-state index in [0.717, 1.165) is 88.2 Å². The van der Waals surface area contributed by atoms with Crippen LogP contribution in [0, 0.1) is 0 Å². The Balaban J connectivity index is 1.06. The highest BCUT2D eigenvalue weighted by Crippen LogP contribution is 2.41. The maximum atomic E-state index is 6.34. The quantitative estimate of drug-likeness (QED) is 0.175. The zero-order valence-corrected chi connectivity index (χ0v) is 32.7. The molecule has 6 heteroatoms. The molecule has 0 atom stereocenters. The highest BCUT2D eigenvalue weighted by molar-refractivity contribution is 6.15. The van der Waals surface area contributed by atoms with E-state index in [0.29, 0.717) is 17.5 Å².